The van der Waals surface area contributed by atoms with Crippen molar-refractivity contribution < 1.29 is 33.6 Å². The first-order chi connectivity index (χ1) is 21.8. The summed E-state index contributed by atoms with van der Waals surface area (Å²) in [5, 5.41) is 12.1. The van der Waals surface area contributed by atoms with Crippen LogP contribution in [0.15, 0.2) is 54.1 Å². The number of carbonyl (C=O) groups excluding carboxylic acids is 2. The number of hydrogen-bond acceptors (Lipinski definition) is 9. The fourth-order valence-corrected chi connectivity index (χ4v) is 6.94. The van der Waals surface area contributed by atoms with E-state index >= 15 is 0 Å². The largest absolute Gasteiger partial charge is 0.507 e. The van der Waals surface area contributed by atoms with Gasteiger partial charge in [0.1, 0.15) is 19.0 Å². The molecule has 1 saturated heterocycles. The number of thiazole rings is 1. The number of aliphatic hydroxyl groups excluding tert-OH is 1. The van der Waals surface area contributed by atoms with Gasteiger partial charge in [-0.15, -0.1) is 0 Å². The molecule has 9 nitrogen and oxygen atoms in total. The Balaban J connectivity index is 1.50. The Bertz CT molecular complexity index is 1810. The molecule has 1 fully saturated rings. The van der Waals surface area contributed by atoms with Crippen molar-refractivity contribution >= 4 is 44.1 Å². The van der Waals surface area contributed by atoms with Crippen LogP contribution in [0.25, 0.3) is 16.0 Å². The number of aryl methyl sites for hydroxylation is 2. The third-order valence-corrected chi connectivity index (χ3v) is 8.88. The molecule has 0 spiro atoms. The second kappa shape index (κ2) is 12.8. The van der Waals surface area contributed by atoms with E-state index in [2.05, 4.69) is 6.92 Å². The Hall–Kier alpha value is -4.57. The molecule has 2 aliphatic heterocycles. The van der Waals surface area contributed by atoms with Gasteiger partial charge in [0.2, 0.25) is 0 Å². The van der Waals surface area contributed by atoms with Crippen LogP contribution in [0.1, 0.15) is 61.4 Å². The third-order valence-electron chi connectivity index (χ3n) is 7.87. The first-order valence-electron chi connectivity index (χ1n) is 15.3. The van der Waals surface area contributed by atoms with Crippen LogP contribution >= 0.6 is 11.3 Å². The van der Waals surface area contributed by atoms with Gasteiger partial charge in [0.25, 0.3) is 5.78 Å². The van der Waals surface area contributed by atoms with Crippen LogP contribution in [0, 0.1) is 13.8 Å². The van der Waals surface area contributed by atoms with Crippen molar-refractivity contribution in [3.8, 4) is 23.0 Å². The molecule has 0 bridgehead atoms. The number of fused-ring (bicyclic) bond motifs is 2. The van der Waals surface area contributed by atoms with Crippen molar-refractivity contribution in [1.82, 2.24) is 4.98 Å². The topological polar surface area (TPSA) is 107 Å². The quantitative estimate of drug-likeness (QED) is 0.0845. The molecule has 1 aromatic heterocycles. The fourth-order valence-electron chi connectivity index (χ4n) is 5.77. The minimum Gasteiger partial charge on any atom is -0.507 e. The van der Waals surface area contributed by atoms with E-state index in [1.807, 2.05) is 32.9 Å². The van der Waals surface area contributed by atoms with Gasteiger partial charge >= 0.3 is 5.91 Å². The van der Waals surface area contributed by atoms with Crippen molar-refractivity contribution in [3.05, 3.63) is 76.4 Å². The number of Topliss-reactive ketones (excluding diaryl/α,β-unsaturated/α-hetero) is 1. The van der Waals surface area contributed by atoms with Crippen molar-refractivity contribution in [2.24, 2.45) is 0 Å². The molecule has 0 radical (unpaired) electrons. The summed E-state index contributed by atoms with van der Waals surface area (Å²) in [6, 6.07) is 13.4. The Kier molecular flexibility index (Phi) is 8.67. The summed E-state index contributed by atoms with van der Waals surface area (Å²) in [6.45, 7) is 9.72. The molecule has 234 valence electrons. The molecule has 10 heteroatoms. The van der Waals surface area contributed by atoms with E-state index in [0.29, 0.717) is 65.7 Å². The fraction of sp³-hybridized carbons (Fsp3) is 0.343. The predicted molar refractivity (Wildman–Crippen MR) is 174 cm³/mol. The number of benzene rings is 3. The van der Waals surface area contributed by atoms with E-state index in [9.17, 15) is 14.7 Å². The molecule has 3 aromatic carbocycles. The summed E-state index contributed by atoms with van der Waals surface area (Å²) < 4.78 is 24.3. The first kappa shape index (κ1) is 30.5. The molecule has 0 saturated carbocycles. The maximum atomic E-state index is 13.9. The van der Waals surface area contributed by atoms with Crippen molar-refractivity contribution in [3.63, 3.8) is 0 Å². The monoisotopic (exact) mass is 628 g/mol. The second-order valence-electron chi connectivity index (χ2n) is 11.1. The highest BCUT2D eigenvalue weighted by Crippen LogP contribution is 2.47. The van der Waals surface area contributed by atoms with Gasteiger partial charge in [0.05, 0.1) is 35.0 Å². The molecule has 1 atom stereocenters. The molecule has 2 aliphatic rings. The van der Waals surface area contributed by atoms with E-state index in [4.69, 9.17) is 23.9 Å². The van der Waals surface area contributed by atoms with E-state index in [-0.39, 0.29) is 11.3 Å². The number of ketones is 1. The highest BCUT2D eigenvalue weighted by molar-refractivity contribution is 7.22. The van der Waals surface area contributed by atoms with Gasteiger partial charge in [-0.1, -0.05) is 43.2 Å². The zero-order valence-corrected chi connectivity index (χ0v) is 26.7. The number of aromatic nitrogens is 1. The van der Waals surface area contributed by atoms with Crippen LogP contribution in [0.3, 0.4) is 0 Å². The summed E-state index contributed by atoms with van der Waals surface area (Å²) in [6.07, 6.45) is 3.04. The molecule has 1 N–H and O–H groups in total. The Labute approximate surface area is 266 Å². The SMILES string of the molecule is CCCCCOc1ccc([C@H]2C(=C(O)c3ccc4c(c3)OCCO4)C(=O)C(=O)N2c2nc3c(C)cc(C)cc3s2)cc1OCC. The van der Waals surface area contributed by atoms with Crippen LogP contribution in [0.5, 0.6) is 23.0 Å². The smallest absolute Gasteiger partial charge is 0.301 e. The average Bonchev–Trinajstić information content (AvgIpc) is 3.57. The van der Waals surface area contributed by atoms with Crippen molar-refractivity contribution in [2.45, 2.75) is 53.0 Å². The van der Waals surface area contributed by atoms with Gasteiger partial charge in [-0.2, -0.15) is 0 Å². The second-order valence-corrected chi connectivity index (χ2v) is 12.2. The zero-order chi connectivity index (χ0) is 31.7. The molecule has 4 aromatic rings. The molecule has 3 heterocycles. The Morgan fingerprint density at radius 3 is 2.56 bits per heavy atom. The van der Waals surface area contributed by atoms with Gasteiger partial charge in [0.15, 0.2) is 28.1 Å². The lowest BCUT2D eigenvalue weighted by Gasteiger charge is -2.24. The van der Waals surface area contributed by atoms with Gasteiger partial charge in [-0.3, -0.25) is 14.5 Å². The lowest BCUT2D eigenvalue weighted by atomic mass is 9.95. The standard InChI is InChI=1S/C35H36N2O7S/c1-5-7-8-13-42-24-11-9-22(18-26(24)41-6-2)31-29(32(38)23-10-12-25-27(19-23)44-15-14-43-25)33(39)34(40)37(31)35-36-30-21(4)16-20(3)17-28(30)45-35/h9-12,16-19,31,38H,5-8,13-15H2,1-4H3/t31-/m0/s1. The number of unbranched alkanes of at least 4 members (excludes halogenated alkanes) is 2. The van der Waals surface area contributed by atoms with Gasteiger partial charge < -0.3 is 24.1 Å². The lowest BCUT2D eigenvalue weighted by Crippen LogP contribution is -2.29. The lowest BCUT2D eigenvalue weighted by molar-refractivity contribution is -0.132. The summed E-state index contributed by atoms with van der Waals surface area (Å²) in [7, 11) is 0. The van der Waals surface area contributed by atoms with E-state index in [1.54, 1.807) is 36.4 Å². The zero-order valence-electron chi connectivity index (χ0n) is 25.8. The van der Waals surface area contributed by atoms with Gasteiger partial charge in [0, 0.05) is 5.56 Å². The van der Waals surface area contributed by atoms with Crippen LogP contribution in [-0.4, -0.2) is 48.2 Å². The number of amides is 1. The van der Waals surface area contributed by atoms with Crippen LogP contribution < -0.4 is 23.8 Å². The number of rotatable bonds is 10. The Morgan fingerprint density at radius 2 is 1.78 bits per heavy atom. The highest BCUT2D eigenvalue weighted by Gasteiger charge is 2.48. The van der Waals surface area contributed by atoms with E-state index in [0.717, 1.165) is 40.6 Å². The minimum absolute atomic E-state index is 0.0529. The van der Waals surface area contributed by atoms with Crippen LogP contribution in [-0.2, 0) is 9.59 Å². The average molecular weight is 629 g/mol. The van der Waals surface area contributed by atoms with E-state index < -0.39 is 17.7 Å². The molecular weight excluding hydrogens is 592 g/mol. The van der Waals surface area contributed by atoms with Gasteiger partial charge in [-0.25, -0.2) is 4.98 Å². The van der Waals surface area contributed by atoms with E-state index in [1.165, 1.54) is 16.2 Å². The number of ether oxygens (including phenoxy) is 4. The maximum Gasteiger partial charge on any atom is 0.301 e. The maximum absolute atomic E-state index is 13.9. The highest BCUT2D eigenvalue weighted by atomic mass is 32.1. The van der Waals surface area contributed by atoms with Crippen molar-refractivity contribution in [1.29, 1.82) is 0 Å². The normalized spacial score (nSPS) is 17.2. The molecule has 6 rings (SSSR count). The van der Waals surface area contributed by atoms with Crippen LogP contribution in [0.2, 0.25) is 0 Å². The number of nitrogens with zero attached hydrogens (tertiary/aromatic N) is 2. The summed E-state index contributed by atoms with van der Waals surface area (Å²) >= 11 is 1.33. The number of aliphatic hydroxyl groups is 1. The molecule has 0 aliphatic carbocycles. The summed E-state index contributed by atoms with van der Waals surface area (Å²) in [4.78, 5) is 33.9. The van der Waals surface area contributed by atoms with Gasteiger partial charge in [-0.05, 0) is 80.3 Å². The molecule has 45 heavy (non-hydrogen) atoms. The number of carbonyl (C=O) groups is 2. The summed E-state index contributed by atoms with van der Waals surface area (Å²) in [5.74, 6) is 0.174. The third kappa shape index (κ3) is 5.82. The summed E-state index contributed by atoms with van der Waals surface area (Å²) in [5.41, 5.74) is 3.66. The van der Waals surface area contributed by atoms with Crippen LogP contribution in [0.4, 0.5) is 5.13 Å². The molecule has 1 amide bonds. The first-order valence-corrected chi connectivity index (χ1v) is 16.1. The minimum atomic E-state index is -0.978. The number of hydrogen-bond donors (Lipinski definition) is 1. The Morgan fingerprint density at radius 1 is 0.978 bits per heavy atom. The number of anilines is 1. The van der Waals surface area contributed by atoms with Crippen molar-refractivity contribution in [2.75, 3.05) is 31.3 Å². The molecular formula is C35H36N2O7S. The predicted octanol–water partition coefficient (Wildman–Crippen LogP) is 7.28. The molecule has 0 unspecified atom stereocenters.